The highest BCUT2D eigenvalue weighted by Crippen LogP contribution is 2.34. The fraction of sp³-hybridized carbons (Fsp3) is 0.312. The second-order valence-electron chi connectivity index (χ2n) is 5.84. The maximum absolute atomic E-state index is 6.24. The van der Waals surface area contributed by atoms with Crippen LogP contribution >= 0.6 is 23.2 Å². The molecule has 1 aromatic heterocycles. The van der Waals surface area contributed by atoms with Crippen molar-refractivity contribution in [3.05, 3.63) is 34.1 Å². The van der Waals surface area contributed by atoms with Crippen molar-refractivity contribution in [3.63, 3.8) is 0 Å². The van der Waals surface area contributed by atoms with Gasteiger partial charge in [-0.3, -0.25) is 0 Å². The largest absolute Gasteiger partial charge is 0.383 e. The molecule has 0 aliphatic rings. The number of anilines is 1. The molecule has 0 atom stereocenters. The van der Waals surface area contributed by atoms with E-state index >= 15 is 0 Å². The normalized spacial score (nSPS) is 11.4. The Morgan fingerprint density at radius 3 is 2.48 bits per heavy atom. The lowest BCUT2D eigenvalue weighted by Crippen LogP contribution is -2.19. The van der Waals surface area contributed by atoms with Crippen LogP contribution in [0.25, 0.3) is 11.3 Å². The number of terminal acetylenes is 1. The van der Waals surface area contributed by atoms with Gasteiger partial charge in [-0.2, -0.15) is 0 Å². The summed E-state index contributed by atoms with van der Waals surface area (Å²) in [6.07, 6.45) is 5.44. The van der Waals surface area contributed by atoms with Gasteiger partial charge >= 0.3 is 0 Å². The van der Waals surface area contributed by atoms with Crippen LogP contribution in [-0.2, 0) is 12.0 Å². The quantitative estimate of drug-likeness (QED) is 0.834. The molecule has 0 saturated heterocycles. The Labute approximate surface area is 135 Å². The molecule has 2 aromatic rings. The second-order valence-corrected chi connectivity index (χ2v) is 6.65. The molecule has 1 heterocycles. The molecule has 0 unspecified atom stereocenters. The maximum Gasteiger partial charge on any atom is 0.132 e. The third-order valence-corrected chi connectivity index (χ3v) is 3.86. The van der Waals surface area contributed by atoms with Crippen molar-refractivity contribution in [1.29, 1.82) is 0 Å². The lowest BCUT2D eigenvalue weighted by molar-refractivity contribution is 0.517. The van der Waals surface area contributed by atoms with Crippen molar-refractivity contribution in [1.82, 2.24) is 9.55 Å². The lowest BCUT2D eigenvalue weighted by Gasteiger charge is -2.18. The first-order valence-corrected chi connectivity index (χ1v) is 7.26. The van der Waals surface area contributed by atoms with Gasteiger partial charge in [0.05, 0.1) is 16.6 Å². The zero-order valence-electron chi connectivity index (χ0n) is 12.2. The van der Waals surface area contributed by atoms with E-state index in [1.807, 2.05) is 10.6 Å². The van der Waals surface area contributed by atoms with Crippen LogP contribution in [0.2, 0.25) is 10.0 Å². The van der Waals surface area contributed by atoms with Gasteiger partial charge in [0.1, 0.15) is 17.3 Å². The number of hydrogen-bond acceptors (Lipinski definition) is 2. The predicted octanol–water partition coefficient (Wildman–Crippen LogP) is 4.37. The van der Waals surface area contributed by atoms with Crippen LogP contribution in [0.4, 0.5) is 5.82 Å². The monoisotopic (exact) mass is 321 g/mol. The fourth-order valence-corrected chi connectivity index (χ4v) is 2.44. The zero-order valence-corrected chi connectivity index (χ0v) is 13.8. The molecule has 1 aromatic carbocycles. The minimum atomic E-state index is -0.167. The summed E-state index contributed by atoms with van der Waals surface area (Å²) in [6, 6.07) is 5.34. The highest BCUT2D eigenvalue weighted by atomic mass is 35.5. The standard InChI is InChI=1S/C16H17Cl2N3/c1-5-8-21-14(19)13(20-15(21)16(2,3)4)10-6-7-11(17)12(18)9-10/h1,6-7,9H,8,19H2,2-4H3. The average Bonchev–Trinajstić information content (AvgIpc) is 2.71. The molecular formula is C16H17Cl2N3. The third-order valence-electron chi connectivity index (χ3n) is 3.12. The van der Waals surface area contributed by atoms with Crippen LogP contribution in [0, 0.1) is 12.3 Å². The molecular weight excluding hydrogens is 305 g/mol. The first kappa shape index (κ1) is 15.8. The molecule has 5 heteroatoms. The molecule has 110 valence electrons. The minimum Gasteiger partial charge on any atom is -0.383 e. The molecule has 2 N–H and O–H groups in total. The lowest BCUT2D eigenvalue weighted by atomic mass is 9.95. The van der Waals surface area contributed by atoms with Gasteiger partial charge in [0.25, 0.3) is 0 Å². The topological polar surface area (TPSA) is 43.8 Å². The van der Waals surface area contributed by atoms with E-state index in [2.05, 4.69) is 31.7 Å². The smallest absolute Gasteiger partial charge is 0.132 e. The van der Waals surface area contributed by atoms with Crippen molar-refractivity contribution >= 4 is 29.0 Å². The van der Waals surface area contributed by atoms with E-state index in [1.54, 1.807) is 12.1 Å². The summed E-state index contributed by atoms with van der Waals surface area (Å²) in [5.74, 6) is 4.00. The first-order chi connectivity index (χ1) is 9.75. The van der Waals surface area contributed by atoms with Gasteiger partial charge < -0.3 is 10.3 Å². The van der Waals surface area contributed by atoms with Crippen LogP contribution in [0.1, 0.15) is 26.6 Å². The molecule has 0 radical (unpaired) electrons. The number of nitrogens with two attached hydrogens (primary N) is 1. The number of benzene rings is 1. The van der Waals surface area contributed by atoms with Crippen LogP contribution in [0.15, 0.2) is 18.2 Å². The highest BCUT2D eigenvalue weighted by Gasteiger charge is 2.25. The van der Waals surface area contributed by atoms with E-state index in [1.165, 1.54) is 0 Å². The predicted molar refractivity (Wildman–Crippen MR) is 89.6 cm³/mol. The molecule has 0 fully saturated rings. The molecule has 0 aliphatic carbocycles. The Morgan fingerprint density at radius 2 is 1.95 bits per heavy atom. The van der Waals surface area contributed by atoms with Gasteiger partial charge in [-0.25, -0.2) is 4.98 Å². The summed E-state index contributed by atoms with van der Waals surface area (Å²) >= 11 is 12.0. The summed E-state index contributed by atoms with van der Waals surface area (Å²) in [5.41, 5.74) is 7.57. The number of imidazole rings is 1. The number of nitrogen functional groups attached to an aromatic ring is 1. The van der Waals surface area contributed by atoms with Gasteiger partial charge in [-0.05, 0) is 12.1 Å². The summed E-state index contributed by atoms with van der Waals surface area (Å²) in [7, 11) is 0. The maximum atomic E-state index is 6.24. The van der Waals surface area contributed by atoms with E-state index in [0.717, 1.165) is 11.4 Å². The van der Waals surface area contributed by atoms with Crippen LogP contribution in [0.5, 0.6) is 0 Å². The minimum absolute atomic E-state index is 0.167. The van der Waals surface area contributed by atoms with Crippen molar-refractivity contribution in [2.45, 2.75) is 32.7 Å². The number of rotatable bonds is 2. The number of hydrogen-bond donors (Lipinski definition) is 1. The van der Waals surface area contributed by atoms with Gasteiger partial charge in [-0.15, -0.1) is 6.42 Å². The van der Waals surface area contributed by atoms with Gasteiger partial charge in [0.15, 0.2) is 0 Å². The molecule has 0 amide bonds. The third kappa shape index (κ3) is 3.02. The molecule has 21 heavy (non-hydrogen) atoms. The summed E-state index contributed by atoms with van der Waals surface area (Å²) < 4.78 is 1.86. The Hall–Kier alpha value is -1.63. The Morgan fingerprint density at radius 1 is 1.29 bits per heavy atom. The van der Waals surface area contributed by atoms with E-state index < -0.39 is 0 Å². The summed E-state index contributed by atoms with van der Waals surface area (Å²) in [6.45, 7) is 6.59. The number of aromatic nitrogens is 2. The molecule has 2 rings (SSSR count). The average molecular weight is 322 g/mol. The van der Waals surface area contributed by atoms with E-state index in [-0.39, 0.29) is 5.41 Å². The number of halogens is 2. The Kier molecular flexibility index (Phi) is 4.22. The Bertz CT molecular complexity index is 718. The van der Waals surface area contributed by atoms with Gasteiger partial charge in [-0.1, -0.05) is 56.0 Å². The van der Waals surface area contributed by atoms with Crippen LogP contribution < -0.4 is 5.73 Å². The zero-order chi connectivity index (χ0) is 15.8. The summed E-state index contributed by atoms with van der Waals surface area (Å²) in [4.78, 5) is 4.68. The SMILES string of the molecule is C#CCn1c(C(C)(C)C)nc(-c2ccc(Cl)c(Cl)c2)c1N. The van der Waals surface area contributed by atoms with Crippen LogP contribution in [-0.4, -0.2) is 9.55 Å². The number of nitrogens with zero attached hydrogens (tertiary/aromatic N) is 2. The molecule has 0 saturated carbocycles. The summed E-state index contributed by atoms with van der Waals surface area (Å²) in [5, 5.41) is 0.968. The van der Waals surface area contributed by atoms with Crippen molar-refractivity contribution in [2.24, 2.45) is 0 Å². The van der Waals surface area contributed by atoms with Crippen molar-refractivity contribution in [3.8, 4) is 23.6 Å². The molecule has 0 aliphatic heterocycles. The van der Waals surface area contributed by atoms with Gasteiger partial charge in [0, 0.05) is 11.0 Å². The molecule has 0 bridgehead atoms. The van der Waals surface area contributed by atoms with E-state index in [0.29, 0.717) is 28.1 Å². The second kappa shape index (κ2) is 5.63. The van der Waals surface area contributed by atoms with E-state index in [9.17, 15) is 0 Å². The van der Waals surface area contributed by atoms with Crippen molar-refractivity contribution in [2.75, 3.05) is 5.73 Å². The van der Waals surface area contributed by atoms with E-state index in [4.69, 9.17) is 35.4 Å². The van der Waals surface area contributed by atoms with Crippen molar-refractivity contribution < 1.29 is 0 Å². The molecule has 3 nitrogen and oxygen atoms in total. The highest BCUT2D eigenvalue weighted by molar-refractivity contribution is 6.42. The molecule has 0 spiro atoms. The van der Waals surface area contributed by atoms with Crippen LogP contribution in [0.3, 0.4) is 0 Å². The fourth-order valence-electron chi connectivity index (χ4n) is 2.15. The first-order valence-electron chi connectivity index (χ1n) is 6.51. The Balaban J connectivity index is 2.65. The van der Waals surface area contributed by atoms with Gasteiger partial charge in [0.2, 0.25) is 0 Å².